The molecule has 0 bridgehead atoms. The van der Waals surface area contributed by atoms with E-state index >= 15 is 0 Å². The number of aromatic nitrogens is 3. The summed E-state index contributed by atoms with van der Waals surface area (Å²) >= 11 is 1.28. The van der Waals surface area contributed by atoms with Gasteiger partial charge in [0.1, 0.15) is 23.3 Å². The molecule has 1 aliphatic rings. The molecule has 2 unspecified atom stereocenters. The highest BCUT2D eigenvalue weighted by atomic mass is 32.1. The summed E-state index contributed by atoms with van der Waals surface area (Å²) in [6, 6.07) is 10.4. The Labute approximate surface area is 211 Å². The molecule has 1 saturated heterocycles. The van der Waals surface area contributed by atoms with Crippen molar-refractivity contribution >= 4 is 27.0 Å². The van der Waals surface area contributed by atoms with Crippen molar-refractivity contribution in [2.75, 3.05) is 6.61 Å². The molecule has 2 aromatic heterocycles. The van der Waals surface area contributed by atoms with Crippen LogP contribution in [0, 0.1) is 0 Å². The minimum absolute atomic E-state index is 0.179. The van der Waals surface area contributed by atoms with E-state index in [2.05, 4.69) is 13.8 Å². The Balaban J connectivity index is 1.52. The molecule has 18 heteroatoms. The van der Waals surface area contributed by atoms with E-state index in [1.54, 1.807) is 6.20 Å². The number of hydrogen-bond donors (Lipinski definition) is 5. The summed E-state index contributed by atoms with van der Waals surface area (Å²) < 4.78 is 37.6. The third-order valence-electron chi connectivity index (χ3n) is 5.22. The molecule has 1 fully saturated rings. The van der Waals surface area contributed by atoms with Gasteiger partial charge in [0.2, 0.25) is 0 Å². The van der Waals surface area contributed by atoms with Crippen LogP contribution in [0.4, 0.5) is 0 Å². The Morgan fingerprint density at radius 2 is 1.76 bits per heavy atom. The average Bonchev–Trinajstić information content (AvgIpc) is 3.40. The maximum Gasteiger partial charge on any atom is 0.481 e. The van der Waals surface area contributed by atoms with Gasteiger partial charge in [-0.3, -0.25) is 18.5 Å². The van der Waals surface area contributed by atoms with Crippen molar-refractivity contribution in [3.8, 4) is 10.4 Å². The number of ether oxygens (including phenoxy) is 1. The van der Waals surface area contributed by atoms with E-state index in [4.69, 9.17) is 14.5 Å². The molecule has 0 radical (unpaired) electrons. The third-order valence-corrected chi connectivity index (χ3v) is 8.41. The smallest absolute Gasteiger partial charge is 0.387 e. The molecule has 200 valence electrons. The van der Waals surface area contributed by atoms with Crippen molar-refractivity contribution in [1.29, 1.82) is 0 Å². The van der Waals surface area contributed by atoms with Crippen LogP contribution >= 0.6 is 27.0 Å². The first-order valence-corrected chi connectivity index (χ1v) is 14.3. The quantitative estimate of drug-likeness (QED) is 0.212. The maximum absolute atomic E-state index is 13.1. The molecule has 0 spiro atoms. The Hall–Kier alpha value is -2.33. The Bertz CT molecular complexity index is 1470. The molecule has 0 amide bonds. The van der Waals surface area contributed by atoms with Crippen LogP contribution in [0.25, 0.3) is 10.4 Å². The fourth-order valence-corrected chi connectivity index (χ4v) is 6.06. The van der Waals surface area contributed by atoms with E-state index in [1.807, 2.05) is 30.3 Å². The second kappa shape index (κ2) is 10.8. The zero-order chi connectivity index (χ0) is 27.0. The minimum atomic E-state index is -5.37. The summed E-state index contributed by atoms with van der Waals surface area (Å²) in [6.45, 7) is -1.11. The Morgan fingerprint density at radius 3 is 2.43 bits per heavy atom. The zero-order valence-electron chi connectivity index (χ0n) is 18.6. The summed E-state index contributed by atoms with van der Waals surface area (Å²) in [5, 5.41) is 21.1. The largest absolute Gasteiger partial charge is 0.481 e. The fraction of sp³-hybridized carbons (Fsp3) is 0.316. The van der Waals surface area contributed by atoms with Gasteiger partial charge in [-0.15, -0.1) is 11.3 Å². The van der Waals surface area contributed by atoms with Crippen molar-refractivity contribution in [2.24, 2.45) is 0 Å². The Kier molecular flexibility index (Phi) is 8.09. The van der Waals surface area contributed by atoms with Gasteiger partial charge >= 0.3 is 21.3 Å². The molecule has 5 N–H and O–H groups in total. The van der Waals surface area contributed by atoms with Crippen molar-refractivity contribution < 1.29 is 47.6 Å². The van der Waals surface area contributed by atoms with Gasteiger partial charge in [-0.25, -0.2) is 18.9 Å². The van der Waals surface area contributed by atoms with Crippen LogP contribution in [0.2, 0.25) is 0 Å². The van der Waals surface area contributed by atoms with E-state index in [-0.39, 0.29) is 6.54 Å². The topological polar surface area (TPSA) is 220 Å². The molecular formula is C19H21N3O12P2S. The van der Waals surface area contributed by atoms with Crippen LogP contribution < -0.4 is 11.2 Å². The van der Waals surface area contributed by atoms with Crippen LogP contribution in [0.1, 0.15) is 11.2 Å². The van der Waals surface area contributed by atoms with Gasteiger partial charge in [-0.1, -0.05) is 30.3 Å². The van der Waals surface area contributed by atoms with Gasteiger partial charge in [0.05, 0.1) is 18.0 Å². The first-order chi connectivity index (χ1) is 17.3. The molecule has 0 saturated carbocycles. The molecule has 1 aromatic carbocycles. The van der Waals surface area contributed by atoms with Gasteiger partial charge in [0.15, 0.2) is 6.23 Å². The molecule has 4 rings (SSSR count). The molecule has 3 heterocycles. The summed E-state index contributed by atoms with van der Waals surface area (Å²) in [7, 11) is -10.6. The van der Waals surface area contributed by atoms with E-state index in [0.717, 1.165) is 31.8 Å². The van der Waals surface area contributed by atoms with Crippen LogP contribution in [0.5, 0.6) is 0 Å². The van der Waals surface area contributed by atoms with Crippen molar-refractivity contribution in [1.82, 2.24) is 14.1 Å². The SMILES string of the molecule is O=c1ccn([C@@H]2O[C@H](COP(=O)(O)OP(=O)(O)O)C(O)[C@@H]2O)c(=O)n1Cc1ncc(-c2ccccc2)s1. The van der Waals surface area contributed by atoms with Crippen LogP contribution in [-0.2, 0) is 29.2 Å². The Morgan fingerprint density at radius 1 is 1.05 bits per heavy atom. The van der Waals surface area contributed by atoms with Gasteiger partial charge in [-0.05, 0) is 5.56 Å². The first-order valence-electron chi connectivity index (χ1n) is 10.4. The second-order valence-electron chi connectivity index (χ2n) is 7.80. The number of aliphatic hydroxyl groups excluding tert-OH is 2. The predicted octanol–water partition coefficient (Wildman–Crippen LogP) is 0.0273. The minimum Gasteiger partial charge on any atom is -0.387 e. The van der Waals surface area contributed by atoms with Crippen molar-refractivity contribution in [3.63, 3.8) is 0 Å². The number of benzene rings is 1. The van der Waals surface area contributed by atoms with E-state index in [9.17, 15) is 33.8 Å². The third kappa shape index (κ3) is 6.57. The second-order valence-corrected chi connectivity index (χ2v) is 11.7. The highest BCUT2D eigenvalue weighted by Crippen LogP contribution is 2.57. The molecule has 3 aromatic rings. The molecule has 1 aliphatic heterocycles. The maximum atomic E-state index is 13.1. The lowest BCUT2D eigenvalue weighted by atomic mass is 10.1. The average molecular weight is 577 g/mol. The summed E-state index contributed by atoms with van der Waals surface area (Å²) in [5.41, 5.74) is -0.631. The number of phosphoric acid groups is 2. The summed E-state index contributed by atoms with van der Waals surface area (Å²) in [5.74, 6) is 0. The lowest BCUT2D eigenvalue weighted by Gasteiger charge is -2.19. The normalized spacial score (nSPS) is 23.7. The van der Waals surface area contributed by atoms with E-state index in [0.29, 0.717) is 5.01 Å². The van der Waals surface area contributed by atoms with Crippen LogP contribution in [0.3, 0.4) is 0 Å². The van der Waals surface area contributed by atoms with Crippen molar-refractivity contribution in [3.05, 3.63) is 74.6 Å². The lowest BCUT2D eigenvalue weighted by molar-refractivity contribution is -0.0547. The van der Waals surface area contributed by atoms with E-state index < -0.39 is 58.0 Å². The van der Waals surface area contributed by atoms with Gasteiger partial charge in [0.25, 0.3) is 5.56 Å². The number of phosphoric ester groups is 1. The standard InChI is InChI=1S/C19H21N3O12P2S/c23-15-6-7-21(18-17(25)16(24)12(33-18)10-32-36(30,31)34-35(27,28)29)19(26)22(15)9-14-20-8-13(37-14)11-4-2-1-3-5-11/h1-8,12,16-18,24-25H,9-10H2,(H,30,31)(H2,27,28,29)/t12-,16?,17+,18-/m1/s1. The predicted molar refractivity (Wildman–Crippen MR) is 126 cm³/mol. The molecule has 37 heavy (non-hydrogen) atoms. The lowest BCUT2D eigenvalue weighted by Crippen LogP contribution is -2.43. The van der Waals surface area contributed by atoms with Gasteiger partial charge < -0.3 is 29.6 Å². The number of aliphatic hydroxyl groups is 2. The number of hydrogen-bond acceptors (Lipinski definition) is 11. The number of thiazole rings is 1. The fourth-order valence-electron chi connectivity index (χ4n) is 3.55. The molecule has 0 aliphatic carbocycles. The number of rotatable bonds is 9. The van der Waals surface area contributed by atoms with Gasteiger partial charge in [0, 0.05) is 18.5 Å². The van der Waals surface area contributed by atoms with Crippen molar-refractivity contribution in [2.45, 2.75) is 31.1 Å². The molecule has 5 atom stereocenters. The zero-order valence-corrected chi connectivity index (χ0v) is 21.2. The first kappa shape index (κ1) is 27.7. The summed E-state index contributed by atoms with van der Waals surface area (Å²) in [6.07, 6.45) is -3.83. The van der Waals surface area contributed by atoms with E-state index in [1.165, 1.54) is 11.3 Å². The van der Waals surface area contributed by atoms with Gasteiger partial charge in [-0.2, -0.15) is 4.31 Å². The highest BCUT2D eigenvalue weighted by Gasteiger charge is 2.46. The molecular weight excluding hydrogens is 556 g/mol. The van der Waals surface area contributed by atoms with Crippen LogP contribution in [-0.4, -0.2) is 63.9 Å². The molecule has 15 nitrogen and oxygen atoms in total. The monoisotopic (exact) mass is 577 g/mol. The highest BCUT2D eigenvalue weighted by molar-refractivity contribution is 7.60. The number of nitrogens with zero attached hydrogens (tertiary/aromatic N) is 3. The van der Waals surface area contributed by atoms with Crippen LogP contribution in [0.15, 0.2) is 58.4 Å². The summed E-state index contributed by atoms with van der Waals surface area (Å²) in [4.78, 5) is 57.3.